The van der Waals surface area contributed by atoms with Gasteiger partial charge in [0.1, 0.15) is 30.2 Å². The van der Waals surface area contributed by atoms with Crippen LogP contribution in [-0.4, -0.2) is 59.8 Å². The van der Waals surface area contributed by atoms with Crippen molar-refractivity contribution in [3.05, 3.63) is 18.9 Å². The van der Waals surface area contributed by atoms with E-state index in [1.54, 1.807) is 6.20 Å². The first-order valence-electron chi connectivity index (χ1n) is 5.47. The Kier molecular flexibility index (Phi) is 2.71. The molecule has 1 aliphatic heterocycles. The lowest BCUT2D eigenvalue weighted by atomic mass is 10.1. The molecule has 2 aromatic heterocycles. The van der Waals surface area contributed by atoms with Crippen LogP contribution in [0.25, 0.3) is 11.2 Å². The van der Waals surface area contributed by atoms with Gasteiger partial charge in [0, 0.05) is 0 Å². The molecule has 8 nitrogen and oxygen atoms in total. The fourth-order valence-electron chi connectivity index (χ4n) is 2.08. The molecule has 0 amide bonds. The van der Waals surface area contributed by atoms with Gasteiger partial charge in [-0.15, -0.1) is 0 Å². The lowest BCUT2D eigenvalue weighted by Gasteiger charge is -2.16. The molecule has 3 N–H and O–H groups in total. The molecular weight excluding hydrogens is 240 g/mol. The van der Waals surface area contributed by atoms with Gasteiger partial charge in [0.25, 0.3) is 0 Å². The van der Waals surface area contributed by atoms with Crippen molar-refractivity contribution in [2.24, 2.45) is 0 Å². The topological polar surface area (TPSA) is 114 Å². The molecule has 1 aliphatic rings. The molecule has 1 fully saturated rings. The summed E-state index contributed by atoms with van der Waals surface area (Å²) >= 11 is 0. The van der Waals surface area contributed by atoms with E-state index in [1.807, 2.05) is 0 Å². The smallest absolute Gasteiger partial charge is 0.165 e. The minimum Gasteiger partial charge on any atom is -0.394 e. The van der Waals surface area contributed by atoms with Crippen LogP contribution in [0.15, 0.2) is 18.9 Å². The highest BCUT2D eigenvalue weighted by atomic mass is 16.6. The summed E-state index contributed by atoms with van der Waals surface area (Å²) in [5.74, 6) is 0. The summed E-state index contributed by atoms with van der Waals surface area (Å²) in [6.07, 6.45) is 0.442. The summed E-state index contributed by atoms with van der Waals surface area (Å²) in [6.45, 7) is -0.365. The first-order chi connectivity index (χ1) is 8.72. The van der Waals surface area contributed by atoms with Crippen molar-refractivity contribution in [1.82, 2.24) is 19.5 Å². The molecule has 0 unspecified atom stereocenters. The number of nitrogens with zero attached hydrogens (tertiary/aromatic N) is 4. The molecule has 0 aromatic carbocycles. The Morgan fingerprint density at radius 2 is 2.11 bits per heavy atom. The highest BCUT2D eigenvalue weighted by Crippen LogP contribution is 2.30. The van der Waals surface area contributed by atoms with Gasteiger partial charge in [-0.2, -0.15) is 0 Å². The Bertz CT molecular complexity index is 560. The van der Waals surface area contributed by atoms with E-state index < -0.39 is 24.5 Å². The Morgan fingerprint density at radius 1 is 1.28 bits per heavy atom. The van der Waals surface area contributed by atoms with Crippen LogP contribution < -0.4 is 0 Å². The molecule has 4 atom stereocenters. The van der Waals surface area contributed by atoms with E-state index in [-0.39, 0.29) is 6.61 Å². The summed E-state index contributed by atoms with van der Waals surface area (Å²) in [6, 6.07) is 0. The van der Waals surface area contributed by atoms with Crippen LogP contribution in [0.3, 0.4) is 0 Å². The first-order valence-corrected chi connectivity index (χ1v) is 5.47. The molecule has 96 valence electrons. The molecule has 0 spiro atoms. The van der Waals surface area contributed by atoms with Crippen LogP contribution in [0.4, 0.5) is 0 Å². The molecule has 0 aliphatic carbocycles. The van der Waals surface area contributed by atoms with Crippen molar-refractivity contribution in [2.45, 2.75) is 24.5 Å². The van der Waals surface area contributed by atoms with Gasteiger partial charge < -0.3 is 20.1 Å². The number of imidazole rings is 1. The van der Waals surface area contributed by atoms with Gasteiger partial charge in [-0.25, -0.2) is 15.0 Å². The van der Waals surface area contributed by atoms with Gasteiger partial charge in [0.15, 0.2) is 11.9 Å². The first kappa shape index (κ1) is 11.5. The van der Waals surface area contributed by atoms with E-state index in [1.165, 1.54) is 17.2 Å². The van der Waals surface area contributed by atoms with Crippen molar-refractivity contribution >= 4 is 11.2 Å². The van der Waals surface area contributed by atoms with E-state index in [2.05, 4.69) is 15.0 Å². The van der Waals surface area contributed by atoms with Gasteiger partial charge in [-0.05, 0) is 0 Å². The molecule has 8 heteroatoms. The average molecular weight is 252 g/mol. The van der Waals surface area contributed by atoms with Crippen LogP contribution in [0, 0.1) is 0 Å². The third kappa shape index (κ3) is 1.58. The third-order valence-electron chi connectivity index (χ3n) is 3.03. The van der Waals surface area contributed by atoms with E-state index in [0.29, 0.717) is 11.2 Å². The molecule has 3 rings (SSSR count). The number of hydrogen-bond acceptors (Lipinski definition) is 7. The lowest BCUT2D eigenvalue weighted by molar-refractivity contribution is -0.0511. The Balaban J connectivity index is 2.00. The van der Waals surface area contributed by atoms with E-state index in [0.717, 1.165) is 0 Å². The maximum absolute atomic E-state index is 9.91. The van der Waals surface area contributed by atoms with Crippen LogP contribution >= 0.6 is 0 Å². The minimum atomic E-state index is -1.14. The zero-order valence-electron chi connectivity index (χ0n) is 9.29. The molecule has 0 bridgehead atoms. The number of ether oxygens (including phenoxy) is 1. The van der Waals surface area contributed by atoms with Crippen LogP contribution in [0.2, 0.25) is 0 Å². The standard InChI is InChI=1S/C10H12N4O4/c15-2-6-7(16)8(17)10(18-6)14-4-13-5-1-11-3-12-9(5)14/h1,3-4,6-8,10,15-17H,2H2/t6-,7-,8+,10+/m0/s1. The number of aliphatic hydroxyl groups is 3. The zero-order valence-corrected chi connectivity index (χ0v) is 9.29. The fourth-order valence-corrected chi connectivity index (χ4v) is 2.08. The second-order valence-electron chi connectivity index (χ2n) is 4.11. The van der Waals surface area contributed by atoms with Crippen molar-refractivity contribution in [3.8, 4) is 0 Å². The molecule has 1 saturated heterocycles. The van der Waals surface area contributed by atoms with Crippen LogP contribution in [0.1, 0.15) is 6.23 Å². The highest BCUT2D eigenvalue weighted by Gasteiger charge is 2.43. The van der Waals surface area contributed by atoms with Gasteiger partial charge >= 0.3 is 0 Å². The van der Waals surface area contributed by atoms with Gasteiger partial charge in [0.05, 0.1) is 19.1 Å². The van der Waals surface area contributed by atoms with E-state index in [4.69, 9.17) is 9.84 Å². The largest absolute Gasteiger partial charge is 0.394 e. The SMILES string of the molecule is OC[C@@H]1O[C@@H](n2cnc3cncnc32)[C@H](O)[C@H]1O. The number of aromatic nitrogens is 4. The van der Waals surface area contributed by atoms with Crippen molar-refractivity contribution < 1.29 is 20.1 Å². The molecule has 0 radical (unpaired) electrons. The molecule has 18 heavy (non-hydrogen) atoms. The molecular formula is C10H12N4O4. The maximum Gasteiger partial charge on any atom is 0.165 e. The Hall–Kier alpha value is -1.61. The highest BCUT2D eigenvalue weighted by molar-refractivity contribution is 5.68. The number of rotatable bonds is 2. The molecule has 0 saturated carbocycles. The normalized spacial score (nSPS) is 32.2. The second kappa shape index (κ2) is 4.25. The van der Waals surface area contributed by atoms with E-state index >= 15 is 0 Å². The third-order valence-corrected chi connectivity index (χ3v) is 3.03. The summed E-state index contributed by atoms with van der Waals surface area (Å²) in [7, 11) is 0. The van der Waals surface area contributed by atoms with Crippen molar-refractivity contribution in [1.29, 1.82) is 0 Å². The minimum absolute atomic E-state index is 0.365. The lowest BCUT2D eigenvalue weighted by Crippen LogP contribution is -2.33. The molecule has 3 heterocycles. The van der Waals surface area contributed by atoms with Gasteiger partial charge in [0.2, 0.25) is 0 Å². The quantitative estimate of drug-likeness (QED) is 0.592. The summed E-state index contributed by atoms with van der Waals surface area (Å²) in [4.78, 5) is 12.0. The number of aliphatic hydroxyl groups excluding tert-OH is 3. The number of hydrogen-bond donors (Lipinski definition) is 3. The van der Waals surface area contributed by atoms with Crippen LogP contribution in [0.5, 0.6) is 0 Å². The monoisotopic (exact) mass is 252 g/mol. The van der Waals surface area contributed by atoms with Gasteiger partial charge in [-0.3, -0.25) is 4.57 Å². The summed E-state index contributed by atoms with van der Waals surface area (Å²) in [5, 5.41) is 28.6. The predicted molar refractivity (Wildman–Crippen MR) is 58.3 cm³/mol. The zero-order chi connectivity index (χ0) is 12.7. The maximum atomic E-state index is 9.91. The van der Waals surface area contributed by atoms with Crippen molar-refractivity contribution in [2.75, 3.05) is 6.61 Å². The van der Waals surface area contributed by atoms with Crippen LogP contribution in [-0.2, 0) is 4.74 Å². The fraction of sp³-hybridized carbons (Fsp3) is 0.500. The summed E-state index contributed by atoms with van der Waals surface area (Å²) < 4.78 is 6.91. The molecule has 2 aromatic rings. The Labute approximate surface area is 102 Å². The van der Waals surface area contributed by atoms with Crippen molar-refractivity contribution in [3.63, 3.8) is 0 Å². The summed E-state index contributed by atoms with van der Waals surface area (Å²) in [5.41, 5.74) is 1.06. The van der Waals surface area contributed by atoms with E-state index in [9.17, 15) is 10.2 Å². The Morgan fingerprint density at radius 3 is 2.83 bits per heavy atom. The van der Waals surface area contributed by atoms with Gasteiger partial charge in [-0.1, -0.05) is 0 Å². The predicted octanol–water partition coefficient (Wildman–Crippen LogP) is -1.56. The number of fused-ring (bicyclic) bond motifs is 1. The second-order valence-corrected chi connectivity index (χ2v) is 4.11. The average Bonchev–Trinajstić information content (AvgIpc) is 2.93.